The maximum Gasteiger partial charge on any atom is 0.0887 e. The fourth-order valence-corrected chi connectivity index (χ4v) is 1.90. The Morgan fingerprint density at radius 3 is 2.88 bits per heavy atom. The molecule has 0 bridgehead atoms. The second-order valence-corrected chi connectivity index (χ2v) is 4.12. The minimum Gasteiger partial charge on any atom is -0.368 e. The lowest BCUT2D eigenvalue weighted by Crippen LogP contribution is -2.36. The molecule has 1 heterocycles. The molecule has 0 aliphatic carbocycles. The molecule has 2 rings (SSSR count). The van der Waals surface area contributed by atoms with Gasteiger partial charge in [-0.3, -0.25) is 4.90 Å². The van der Waals surface area contributed by atoms with Crippen LogP contribution in [0, 0.1) is 0 Å². The Labute approximate surface area is 97.5 Å². The van der Waals surface area contributed by atoms with Crippen LogP contribution in [0.25, 0.3) is 0 Å². The first-order valence-electron chi connectivity index (χ1n) is 5.93. The van der Waals surface area contributed by atoms with E-state index in [1.165, 1.54) is 5.56 Å². The smallest absolute Gasteiger partial charge is 0.0887 e. The van der Waals surface area contributed by atoms with Crippen molar-refractivity contribution in [2.45, 2.75) is 19.6 Å². The summed E-state index contributed by atoms with van der Waals surface area (Å²) in [7, 11) is 0. The zero-order valence-corrected chi connectivity index (χ0v) is 9.80. The van der Waals surface area contributed by atoms with Crippen LogP contribution in [-0.2, 0) is 11.3 Å². The van der Waals surface area contributed by atoms with Crippen LogP contribution in [0.2, 0.25) is 0 Å². The number of benzene rings is 1. The molecular weight excluding hydrogens is 198 g/mol. The summed E-state index contributed by atoms with van der Waals surface area (Å²) in [5.41, 5.74) is 1.24. The molecular formula is C14H19NO. The van der Waals surface area contributed by atoms with E-state index < -0.39 is 0 Å². The van der Waals surface area contributed by atoms with Gasteiger partial charge in [0.1, 0.15) is 0 Å². The third kappa shape index (κ3) is 3.19. The molecule has 0 unspecified atom stereocenters. The van der Waals surface area contributed by atoms with Gasteiger partial charge in [0.05, 0.1) is 12.7 Å². The molecule has 2 heteroatoms. The number of rotatable bonds is 4. The number of hydrogen-bond donors (Lipinski definition) is 0. The van der Waals surface area contributed by atoms with Crippen molar-refractivity contribution >= 4 is 0 Å². The van der Waals surface area contributed by atoms with Crippen molar-refractivity contribution in [1.29, 1.82) is 0 Å². The minimum atomic E-state index is 0.244. The highest BCUT2D eigenvalue weighted by molar-refractivity contribution is 5.13. The third-order valence-corrected chi connectivity index (χ3v) is 2.91. The average Bonchev–Trinajstić information content (AvgIpc) is 2.38. The zero-order chi connectivity index (χ0) is 11.2. The lowest BCUT2D eigenvalue weighted by Gasteiger charge is -2.27. The average molecular weight is 217 g/mol. The SMILES string of the molecule is CCN1CC=C[C@H](OCc2ccccc2)C1. The fraction of sp³-hybridized carbons (Fsp3) is 0.429. The van der Waals surface area contributed by atoms with Crippen LogP contribution in [0.5, 0.6) is 0 Å². The molecule has 0 aromatic heterocycles. The van der Waals surface area contributed by atoms with E-state index in [4.69, 9.17) is 4.74 Å². The van der Waals surface area contributed by atoms with Crippen molar-refractivity contribution in [2.75, 3.05) is 19.6 Å². The van der Waals surface area contributed by atoms with E-state index in [0.717, 1.165) is 19.6 Å². The van der Waals surface area contributed by atoms with Gasteiger partial charge in [0, 0.05) is 13.1 Å². The Morgan fingerprint density at radius 2 is 2.12 bits per heavy atom. The number of nitrogens with zero attached hydrogens (tertiary/aromatic N) is 1. The van der Waals surface area contributed by atoms with Crippen LogP contribution in [0.15, 0.2) is 42.5 Å². The summed E-state index contributed by atoms with van der Waals surface area (Å²) in [6, 6.07) is 10.3. The molecule has 0 saturated heterocycles. The molecule has 1 aromatic rings. The Kier molecular flexibility index (Phi) is 4.14. The number of likely N-dealkylation sites (N-methyl/N-ethyl adjacent to an activating group) is 1. The molecule has 1 aromatic carbocycles. The van der Waals surface area contributed by atoms with E-state index in [0.29, 0.717) is 6.61 Å². The predicted octanol–water partition coefficient (Wildman–Crippen LogP) is 2.46. The molecule has 16 heavy (non-hydrogen) atoms. The molecule has 0 fully saturated rings. The van der Waals surface area contributed by atoms with Crippen LogP contribution in [-0.4, -0.2) is 30.6 Å². The van der Waals surface area contributed by atoms with Gasteiger partial charge in [0.2, 0.25) is 0 Å². The van der Waals surface area contributed by atoms with Crippen molar-refractivity contribution in [3.05, 3.63) is 48.0 Å². The van der Waals surface area contributed by atoms with Crippen LogP contribution < -0.4 is 0 Å². The molecule has 2 nitrogen and oxygen atoms in total. The van der Waals surface area contributed by atoms with Crippen LogP contribution in [0.1, 0.15) is 12.5 Å². The molecule has 1 aliphatic rings. The van der Waals surface area contributed by atoms with Gasteiger partial charge >= 0.3 is 0 Å². The molecule has 1 atom stereocenters. The summed E-state index contributed by atoms with van der Waals surface area (Å²) in [4.78, 5) is 2.38. The molecule has 0 N–H and O–H groups in total. The molecule has 0 spiro atoms. The van der Waals surface area contributed by atoms with Crippen molar-refractivity contribution in [1.82, 2.24) is 4.90 Å². The topological polar surface area (TPSA) is 12.5 Å². The summed E-state index contributed by atoms with van der Waals surface area (Å²) in [5, 5.41) is 0. The van der Waals surface area contributed by atoms with Crippen molar-refractivity contribution < 1.29 is 4.74 Å². The highest BCUT2D eigenvalue weighted by atomic mass is 16.5. The highest BCUT2D eigenvalue weighted by Gasteiger charge is 2.13. The maximum absolute atomic E-state index is 5.87. The first kappa shape index (κ1) is 11.4. The van der Waals surface area contributed by atoms with E-state index >= 15 is 0 Å². The van der Waals surface area contributed by atoms with E-state index in [-0.39, 0.29) is 6.10 Å². The van der Waals surface area contributed by atoms with Crippen LogP contribution >= 0.6 is 0 Å². The van der Waals surface area contributed by atoms with Gasteiger partial charge in [0.25, 0.3) is 0 Å². The van der Waals surface area contributed by atoms with Gasteiger partial charge in [-0.05, 0) is 12.1 Å². The van der Waals surface area contributed by atoms with E-state index in [1.54, 1.807) is 0 Å². The number of hydrogen-bond acceptors (Lipinski definition) is 2. The Hall–Kier alpha value is -1.12. The standard InChI is InChI=1S/C14H19NO/c1-2-15-10-6-9-14(11-15)16-12-13-7-4-3-5-8-13/h3-9,14H,2,10-12H2,1H3/t14-/m0/s1. The molecule has 0 amide bonds. The first-order chi connectivity index (χ1) is 7.88. The second-order valence-electron chi connectivity index (χ2n) is 4.12. The van der Waals surface area contributed by atoms with Crippen LogP contribution in [0.4, 0.5) is 0 Å². The minimum absolute atomic E-state index is 0.244. The van der Waals surface area contributed by atoms with Crippen molar-refractivity contribution in [3.8, 4) is 0 Å². The van der Waals surface area contributed by atoms with Gasteiger partial charge < -0.3 is 4.74 Å². The first-order valence-corrected chi connectivity index (χ1v) is 5.93. The van der Waals surface area contributed by atoms with Gasteiger partial charge in [-0.2, -0.15) is 0 Å². The van der Waals surface area contributed by atoms with Gasteiger partial charge in [-0.1, -0.05) is 49.4 Å². The third-order valence-electron chi connectivity index (χ3n) is 2.91. The lowest BCUT2D eigenvalue weighted by molar-refractivity contribution is 0.0423. The maximum atomic E-state index is 5.87. The molecule has 0 radical (unpaired) electrons. The summed E-state index contributed by atoms with van der Waals surface area (Å²) >= 11 is 0. The summed E-state index contributed by atoms with van der Waals surface area (Å²) in [5.74, 6) is 0. The van der Waals surface area contributed by atoms with Crippen molar-refractivity contribution in [3.63, 3.8) is 0 Å². The van der Waals surface area contributed by atoms with Crippen LogP contribution in [0.3, 0.4) is 0 Å². The predicted molar refractivity (Wildman–Crippen MR) is 66.3 cm³/mol. The van der Waals surface area contributed by atoms with Gasteiger partial charge in [-0.25, -0.2) is 0 Å². The Bertz CT molecular complexity index is 334. The Balaban J connectivity index is 1.82. The van der Waals surface area contributed by atoms with E-state index in [9.17, 15) is 0 Å². The largest absolute Gasteiger partial charge is 0.368 e. The Morgan fingerprint density at radius 1 is 1.31 bits per heavy atom. The molecule has 86 valence electrons. The normalized spacial score (nSPS) is 21.2. The quantitative estimate of drug-likeness (QED) is 0.718. The van der Waals surface area contributed by atoms with Crippen molar-refractivity contribution in [2.24, 2.45) is 0 Å². The zero-order valence-electron chi connectivity index (χ0n) is 9.80. The van der Waals surface area contributed by atoms with E-state index in [1.807, 2.05) is 18.2 Å². The molecule has 0 saturated carbocycles. The summed E-state index contributed by atoms with van der Waals surface area (Å²) < 4.78 is 5.87. The summed E-state index contributed by atoms with van der Waals surface area (Å²) in [6.07, 6.45) is 4.62. The fourth-order valence-electron chi connectivity index (χ4n) is 1.90. The highest BCUT2D eigenvalue weighted by Crippen LogP contribution is 2.09. The molecule has 1 aliphatic heterocycles. The summed E-state index contributed by atoms with van der Waals surface area (Å²) in [6.45, 7) is 6.05. The monoisotopic (exact) mass is 217 g/mol. The second kappa shape index (κ2) is 5.83. The lowest BCUT2D eigenvalue weighted by atomic mass is 10.2. The van der Waals surface area contributed by atoms with Gasteiger partial charge in [-0.15, -0.1) is 0 Å². The number of ether oxygens (including phenoxy) is 1. The van der Waals surface area contributed by atoms with E-state index in [2.05, 4.69) is 36.1 Å². The van der Waals surface area contributed by atoms with Gasteiger partial charge in [0.15, 0.2) is 0 Å².